The topological polar surface area (TPSA) is 110 Å². The van der Waals surface area contributed by atoms with Gasteiger partial charge in [-0.2, -0.15) is 0 Å². The third-order valence-electron chi connectivity index (χ3n) is 4.43. The maximum absolute atomic E-state index is 13.7. The number of morpholine rings is 1. The average Bonchev–Trinajstić information content (AvgIpc) is 2.70. The maximum atomic E-state index is 13.7. The van der Waals surface area contributed by atoms with Crippen molar-refractivity contribution in [3.8, 4) is 0 Å². The minimum Gasteiger partial charge on any atom is -0.384 e. The minimum absolute atomic E-state index is 0.162. The van der Waals surface area contributed by atoms with E-state index < -0.39 is 11.8 Å². The zero-order valence-electron chi connectivity index (χ0n) is 15.2. The summed E-state index contributed by atoms with van der Waals surface area (Å²) < 4.78 is 19.0. The lowest BCUT2D eigenvalue weighted by Crippen LogP contribution is -2.45. The zero-order chi connectivity index (χ0) is 19.9. The highest BCUT2D eigenvalue weighted by molar-refractivity contribution is 6.39. The Morgan fingerprint density at radius 2 is 2.00 bits per heavy atom. The second-order valence-corrected chi connectivity index (χ2v) is 6.36. The number of hydrogen-bond acceptors (Lipinski definition) is 6. The number of nitrogens with zero attached hydrogens (tertiary/aromatic N) is 2. The van der Waals surface area contributed by atoms with Gasteiger partial charge >= 0.3 is 11.8 Å². The highest BCUT2D eigenvalue weighted by Gasteiger charge is 2.25. The summed E-state index contributed by atoms with van der Waals surface area (Å²) in [5, 5.41) is 5.09. The van der Waals surface area contributed by atoms with Crippen molar-refractivity contribution in [2.24, 2.45) is 0 Å². The van der Waals surface area contributed by atoms with Crippen LogP contribution in [0.25, 0.3) is 0 Å². The predicted molar refractivity (Wildman–Crippen MR) is 102 cm³/mol. The van der Waals surface area contributed by atoms with Gasteiger partial charge in [-0.05, 0) is 29.8 Å². The van der Waals surface area contributed by atoms with Crippen LogP contribution in [0.4, 0.5) is 15.9 Å². The first-order valence-electron chi connectivity index (χ1n) is 8.91. The Labute approximate surface area is 161 Å². The molecule has 1 aliphatic heterocycles. The highest BCUT2D eigenvalue weighted by Crippen LogP contribution is 2.22. The molecule has 0 bridgehead atoms. The van der Waals surface area contributed by atoms with Crippen LogP contribution in [0.5, 0.6) is 0 Å². The number of aromatic nitrogens is 1. The van der Waals surface area contributed by atoms with E-state index in [1.165, 1.54) is 24.4 Å². The third kappa shape index (κ3) is 5.24. The summed E-state index contributed by atoms with van der Waals surface area (Å²) in [4.78, 5) is 30.3. The van der Waals surface area contributed by atoms with Crippen LogP contribution >= 0.6 is 0 Å². The molecule has 0 spiro atoms. The van der Waals surface area contributed by atoms with E-state index >= 15 is 0 Å². The molecule has 1 fully saturated rings. The Morgan fingerprint density at radius 1 is 1.21 bits per heavy atom. The van der Waals surface area contributed by atoms with E-state index in [1.807, 2.05) is 0 Å². The van der Waals surface area contributed by atoms with Crippen LogP contribution in [-0.2, 0) is 14.3 Å². The van der Waals surface area contributed by atoms with Crippen molar-refractivity contribution >= 4 is 23.3 Å². The summed E-state index contributed by atoms with van der Waals surface area (Å²) in [5.41, 5.74) is 6.58. The fourth-order valence-corrected chi connectivity index (χ4v) is 3.00. The largest absolute Gasteiger partial charge is 0.384 e. The Balaban J connectivity index is 1.64. The lowest BCUT2D eigenvalue weighted by Gasteiger charge is -2.34. The van der Waals surface area contributed by atoms with Crippen molar-refractivity contribution in [2.45, 2.75) is 6.04 Å². The Bertz CT molecular complexity index is 825. The molecule has 2 heterocycles. The SMILES string of the molecule is Nc1ccc(NC(=O)C(=O)NCC(c2cccc(F)c2)N2CCOCC2)cn1. The summed E-state index contributed by atoms with van der Waals surface area (Å²) in [6.07, 6.45) is 1.36. The van der Waals surface area contributed by atoms with Gasteiger partial charge in [-0.3, -0.25) is 14.5 Å². The van der Waals surface area contributed by atoms with E-state index in [0.717, 1.165) is 5.56 Å². The monoisotopic (exact) mass is 387 g/mol. The predicted octanol–water partition coefficient (Wildman–Crippen LogP) is 0.931. The van der Waals surface area contributed by atoms with Crippen LogP contribution < -0.4 is 16.4 Å². The molecule has 2 amide bonds. The van der Waals surface area contributed by atoms with Crippen molar-refractivity contribution in [3.63, 3.8) is 0 Å². The number of nitrogens with two attached hydrogens (primary N) is 1. The number of anilines is 2. The third-order valence-corrected chi connectivity index (χ3v) is 4.43. The fraction of sp³-hybridized carbons (Fsp3) is 0.316. The molecule has 4 N–H and O–H groups in total. The van der Waals surface area contributed by atoms with Crippen molar-refractivity contribution in [1.29, 1.82) is 0 Å². The van der Waals surface area contributed by atoms with Crippen LogP contribution in [0.3, 0.4) is 0 Å². The lowest BCUT2D eigenvalue weighted by atomic mass is 10.0. The molecule has 148 valence electrons. The summed E-state index contributed by atoms with van der Waals surface area (Å²) in [6, 6.07) is 9.03. The van der Waals surface area contributed by atoms with Gasteiger partial charge in [-0.15, -0.1) is 0 Å². The lowest BCUT2D eigenvalue weighted by molar-refractivity contribution is -0.136. The van der Waals surface area contributed by atoms with Crippen LogP contribution in [0, 0.1) is 5.82 Å². The fourth-order valence-electron chi connectivity index (χ4n) is 3.00. The molecule has 1 aliphatic rings. The number of benzene rings is 1. The molecule has 0 saturated carbocycles. The number of ether oxygens (including phenoxy) is 1. The van der Waals surface area contributed by atoms with E-state index in [9.17, 15) is 14.0 Å². The van der Waals surface area contributed by atoms with Crippen LogP contribution in [0.2, 0.25) is 0 Å². The molecule has 1 unspecified atom stereocenters. The quantitative estimate of drug-likeness (QED) is 0.659. The van der Waals surface area contributed by atoms with E-state index in [1.54, 1.807) is 18.2 Å². The molecule has 0 radical (unpaired) electrons. The first-order chi connectivity index (χ1) is 13.5. The van der Waals surface area contributed by atoms with E-state index in [4.69, 9.17) is 10.5 Å². The number of carbonyl (C=O) groups excluding carboxylic acids is 2. The molecule has 1 aromatic carbocycles. The van der Waals surface area contributed by atoms with Gasteiger partial charge in [0.1, 0.15) is 11.6 Å². The number of nitrogen functional groups attached to an aromatic ring is 1. The standard InChI is InChI=1S/C19H22FN5O3/c20-14-3-1-2-13(10-14)16(25-6-8-28-9-7-25)12-23-18(26)19(27)24-15-4-5-17(21)22-11-15/h1-5,10-11,16H,6-9,12H2,(H2,21,22)(H,23,26)(H,24,27). The molecule has 28 heavy (non-hydrogen) atoms. The number of amides is 2. The maximum Gasteiger partial charge on any atom is 0.313 e. The number of rotatable bonds is 5. The Kier molecular flexibility index (Phi) is 6.51. The van der Waals surface area contributed by atoms with E-state index in [2.05, 4.69) is 20.5 Å². The summed E-state index contributed by atoms with van der Waals surface area (Å²) in [6.45, 7) is 2.59. The zero-order valence-corrected chi connectivity index (χ0v) is 15.2. The van der Waals surface area contributed by atoms with Crippen LogP contribution in [-0.4, -0.2) is 54.5 Å². The average molecular weight is 387 g/mol. The second kappa shape index (κ2) is 9.25. The Hall–Kier alpha value is -3.04. The van der Waals surface area contributed by atoms with Gasteiger partial charge in [0.05, 0.1) is 31.1 Å². The van der Waals surface area contributed by atoms with Crippen molar-refractivity contribution in [1.82, 2.24) is 15.2 Å². The van der Waals surface area contributed by atoms with E-state index in [-0.39, 0.29) is 18.4 Å². The normalized spacial score (nSPS) is 15.6. The van der Waals surface area contributed by atoms with Gasteiger partial charge < -0.3 is 21.1 Å². The van der Waals surface area contributed by atoms with Gasteiger partial charge in [0.15, 0.2) is 0 Å². The second-order valence-electron chi connectivity index (χ2n) is 6.36. The molecule has 1 saturated heterocycles. The number of carbonyl (C=O) groups is 2. The number of halogens is 1. The molecule has 0 aliphatic carbocycles. The number of hydrogen-bond donors (Lipinski definition) is 3. The Morgan fingerprint density at radius 3 is 2.68 bits per heavy atom. The smallest absolute Gasteiger partial charge is 0.313 e. The molecule has 2 aromatic rings. The van der Waals surface area contributed by atoms with Crippen molar-refractivity contribution in [2.75, 3.05) is 43.9 Å². The van der Waals surface area contributed by atoms with Crippen LogP contribution in [0.15, 0.2) is 42.6 Å². The minimum atomic E-state index is -0.813. The summed E-state index contributed by atoms with van der Waals surface area (Å²) in [5.74, 6) is -1.64. The van der Waals surface area contributed by atoms with Gasteiger partial charge in [0.25, 0.3) is 0 Å². The van der Waals surface area contributed by atoms with Crippen molar-refractivity contribution < 1.29 is 18.7 Å². The molecule has 1 aromatic heterocycles. The number of nitrogens with one attached hydrogen (secondary N) is 2. The van der Waals surface area contributed by atoms with Gasteiger partial charge in [-0.1, -0.05) is 12.1 Å². The van der Waals surface area contributed by atoms with Gasteiger partial charge in [-0.25, -0.2) is 9.37 Å². The first kappa shape index (κ1) is 19.7. The van der Waals surface area contributed by atoms with E-state index in [0.29, 0.717) is 37.8 Å². The summed E-state index contributed by atoms with van der Waals surface area (Å²) in [7, 11) is 0. The number of pyridine rings is 1. The molecular formula is C19H22FN5O3. The summed E-state index contributed by atoms with van der Waals surface area (Å²) >= 11 is 0. The first-order valence-corrected chi connectivity index (χ1v) is 8.91. The molecule has 9 heteroatoms. The van der Waals surface area contributed by atoms with Crippen molar-refractivity contribution in [3.05, 3.63) is 54.0 Å². The molecule has 8 nitrogen and oxygen atoms in total. The van der Waals surface area contributed by atoms with Gasteiger partial charge in [0.2, 0.25) is 0 Å². The van der Waals surface area contributed by atoms with Gasteiger partial charge in [0, 0.05) is 19.6 Å². The van der Waals surface area contributed by atoms with Crippen LogP contribution in [0.1, 0.15) is 11.6 Å². The highest BCUT2D eigenvalue weighted by atomic mass is 19.1. The molecular weight excluding hydrogens is 365 g/mol. The molecule has 1 atom stereocenters. The molecule has 3 rings (SSSR count).